The van der Waals surface area contributed by atoms with Crippen molar-refractivity contribution in [2.75, 3.05) is 6.67 Å². The third-order valence-electron chi connectivity index (χ3n) is 2.49. The molecule has 0 aliphatic rings. The van der Waals surface area contributed by atoms with Crippen molar-refractivity contribution in [2.24, 2.45) is 0 Å². The molecular formula is C12H11FN2O4. The first kappa shape index (κ1) is 13.0. The molecular weight excluding hydrogens is 255 g/mol. The van der Waals surface area contributed by atoms with E-state index in [1.807, 2.05) is 5.32 Å². The first-order valence-electron chi connectivity index (χ1n) is 5.48. The molecule has 0 radical (unpaired) electrons. The molecule has 19 heavy (non-hydrogen) atoms. The zero-order valence-electron chi connectivity index (χ0n) is 10.0. The zero-order chi connectivity index (χ0) is 14.0. The number of hydrogen-bond acceptors (Lipinski definition) is 4. The van der Waals surface area contributed by atoms with Crippen molar-refractivity contribution in [3.05, 3.63) is 29.7 Å². The van der Waals surface area contributed by atoms with Crippen LogP contribution in [0.4, 0.5) is 4.39 Å². The number of aliphatic carboxylic acids is 1. The van der Waals surface area contributed by atoms with Gasteiger partial charge in [-0.3, -0.25) is 4.79 Å². The SMILES string of the molecule is Cc1ccc2oc(C(=O)NC(CF)C(=O)O)cc2n1. The van der Waals surface area contributed by atoms with Crippen LogP contribution in [0.25, 0.3) is 11.1 Å². The third kappa shape index (κ3) is 2.70. The van der Waals surface area contributed by atoms with Gasteiger partial charge < -0.3 is 14.8 Å². The number of carbonyl (C=O) groups is 2. The molecule has 0 bridgehead atoms. The number of amides is 1. The molecule has 0 saturated carbocycles. The number of carboxylic acid groups (broad SMARTS) is 1. The van der Waals surface area contributed by atoms with Crippen molar-refractivity contribution in [3.63, 3.8) is 0 Å². The molecule has 0 aromatic carbocycles. The Hall–Kier alpha value is -2.44. The number of pyridine rings is 1. The van der Waals surface area contributed by atoms with Crippen LogP contribution in [0, 0.1) is 6.92 Å². The second kappa shape index (κ2) is 5.05. The van der Waals surface area contributed by atoms with Gasteiger partial charge in [-0.1, -0.05) is 0 Å². The molecule has 7 heteroatoms. The number of hydrogen-bond donors (Lipinski definition) is 2. The molecule has 2 rings (SSSR count). The molecule has 100 valence electrons. The number of alkyl halides is 1. The molecule has 0 fully saturated rings. The Morgan fingerprint density at radius 2 is 2.26 bits per heavy atom. The van der Waals surface area contributed by atoms with Gasteiger partial charge in [-0.05, 0) is 19.1 Å². The monoisotopic (exact) mass is 266 g/mol. The standard InChI is InChI=1S/C12H11FN2O4/c1-6-2-3-9-7(14-6)4-10(19-9)11(16)15-8(5-13)12(17)18/h2-4,8H,5H2,1H3,(H,15,16)(H,17,18). The van der Waals surface area contributed by atoms with Gasteiger partial charge >= 0.3 is 5.97 Å². The number of aromatic nitrogens is 1. The van der Waals surface area contributed by atoms with Gasteiger partial charge in [-0.25, -0.2) is 14.2 Å². The number of rotatable bonds is 4. The van der Waals surface area contributed by atoms with E-state index in [0.717, 1.165) is 5.69 Å². The number of furan rings is 1. The minimum absolute atomic E-state index is 0.104. The number of fused-ring (bicyclic) bond motifs is 1. The highest BCUT2D eigenvalue weighted by Gasteiger charge is 2.22. The van der Waals surface area contributed by atoms with Crippen molar-refractivity contribution in [3.8, 4) is 0 Å². The van der Waals surface area contributed by atoms with Crippen LogP contribution >= 0.6 is 0 Å². The summed E-state index contributed by atoms with van der Waals surface area (Å²) < 4.78 is 17.6. The van der Waals surface area contributed by atoms with E-state index in [9.17, 15) is 14.0 Å². The van der Waals surface area contributed by atoms with Gasteiger partial charge in [0.05, 0.1) is 0 Å². The third-order valence-corrected chi connectivity index (χ3v) is 2.49. The van der Waals surface area contributed by atoms with Crippen molar-refractivity contribution in [1.29, 1.82) is 0 Å². The minimum atomic E-state index is -1.59. The van der Waals surface area contributed by atoms with Crippen LogP contribution in [0.15, 0.2) is 22.6 Å². The fraction of sp³-hybridized carbons (Fsp3) is 0.250. The van der Waals surface area contributed by atoms with E-state index in [2.05, 4.69) is 4.98 Å². The molecule has 0 aliphatic heterocycles. The summed E-state index contributed by atoms with van der Waals surface area (Å²) in [5, 5.41) is 10.7. The predicted molar refractivity (Wildman–Crippen MR) is 63.6 cm³/mol. The van der Waals surface area contributed by atoms with Crippen LogP contribution in [0.1, 0.15) is 16.2 Å². The van der Waals surface area contributed by atoms with E-state index in [1.165, 1.54) is 6.07 Å². The maximum Gasteiger partial charge on any atom is 0.328 e. The van der Waals surface area contributed by atoms with Gasteiger partial charge in [0, 0.05) is 11.8 Å². The Balaban J connectivity index is 2.24. The Kier molecular flexibility index (Phi) is 3.46. The molecule has 6 nitrogen and oxygen atoms in total. The summed E-state index contributed by atoms with van der Waals surface area (Å²) in [7, 11) is 0. The molecule has 1 amide bonds. The number of carboxylic acids is 1. The van der Waals surface area contributed by atoms with Gasteiger partial charge in [0.2, 0.25) is 0 Å². The van der Waals surface area contributed by atoms with Crippen molar-refractivity contribution >= 4 is 23.0 Å². The molecule has 0 saturated heterocycles. The summed E-state index contributed by atoms with van der Waals surface area (Å²) in [6.45, 7) is 0.592. The summed E-state index contributed by atoms with van der Waals surface area (Å²) in [6, 6.07) is 3.16. The van der Waals surface area contributed by atoms with E-state index in [1.54, 1.807) is 19.1 Å². The predicted octanol–water partition coefficient (Wildman–Crippen LogP) is 1.29. The average molecular weight is 266 g/mol. The van der Waals surface area contributed by atoms with Crippen molar-refractivity contribution in [1.82, 2.24) is 10.3 Å². The second-order valence-corrected chi connectivity index (χ2v) is 3.97. The Labute approximate surface area is 107 Å². The highest BCUT2D eigenvalue weighted by atomic mass is 19.1. The van der Waals surface area contributed by atoms with Crippen molar-refractivity contribution in [2.45, 2.75) is 13.0 Å². The highest BCUT2D eigenvalue weighted by molar-refractivity contribution is 5.97. The number of carbonyl (C=O) groups excluding carboxylic acids is 1. The fourth-order valence-electron chi connectivity index (χ4n) is 1.53. The van der Waals surface area contributed by atoms with Crippen LogP contribution < -0.4 is 5.32 Å². The lowest BCUT2D eigenvalue weighted by Gasteiger charge is -2.08. The number of aryl methyl sites for hydroxylation is 1. The molecule has 0 spiro atoms. The van der Waals surface area contributed by atoms with Crippen LogP contribution in [0.5, 0.6) is 0 Å². The highest BCUT2D eigenvalue weighted by Crippen LogP contribution is 2.17. The summed E-state index contributed by atoms with van der Waals surface area (Å²) in [5.74, 6) is -2.34. The fourth-order valence-corrected chi connectivity index (χ4v) is 1.53. The average Bonchev–Trinajstić information content (AvgIpc) is 2.78. The van der Waals surface area contributed by atoms with Gasteiger partial charge in [0.1, 0.15) is 12.2 Å². The second-order valence-electron chi connectivity index (χ2n) is 3.97. The molecule has 1 unspecified atom stereocenters. The smallest absolute Gasteiger partial charge is 0.328 e. The van der Waals surface area contributed by atoms with Crippen LogP contribution in [0.3, 0.4) is 0 Å². The maximum absolute atomic E-state index is 12.4. The Morgan fingerprint density at radius 3 is 2.89 bits per heavy atom. The number of nitrogens with zero attached hydrogens (tertiary/aromatic N) is 1. The molecule has 2 heterocycles. The van der Waals surface area contributed by atoms with E-state index >= 15 is 0 Å². The van der Waals surface area contributed by atoms with E-state index in [-0.39, 0.29) is 5.76 Å². The van der Waals surface area contributed by atoms with Gasteiger partial charge in [0.25, 0.3) is 5.91 Å². The summed E-state index contributed by atoms with van der Waals surface area (Å²) in [4.78, 5) is 26.5. The zero-order valence-corrected chi connectivity index (χ0v) is 10.0. The summed E-state index contributed by atoms with van der Waals surface area (Å²) >= 11 is 0. The largest absolute Gasteiger partial charge is 0.480 e. The topological polar surface area (TPSA) is 92.4 Å². The van der Waals surface area contributed by atoms with Gasteiger partial charge in [0.15, 0.2) is 17.4 Å². The lowest BCUT2D eigenvalue weighted by Crippen LogP contribution is -2.42. The van der Waals surface area contributed by atoms with E-state index in [0.29, 0.717) is 11.1 Å². The number of halogens is 1. The van der Waals surface area contributed by atoms with E-state index in [4.69, 9.17) is 9.52 Å². The summed E-state index contributed by atoms with van der Waals surface area (Å²) in [6.07, 6.45) is 0. The van der Waals surface area contributed by atoms with Crippen molar-refractivity contribution < 1.29 is 23.5 Å². The minimum Gasteiger partial charge on any atom is -0.480 e. The quantitative estimate of drug-likeness (QED) is 0.869. The molecule has 2 aromatic heterocycles. The normalized spacial score (nSPS) is 12.3. The maximum atomic E-state index is 12.4. The Morgan fingerprint density at radius 1 is 1.53 bits per heavy atom. The van der Waals surface area contributed by atoms with E-state index < -0.39 is 24.6 Å². The van der Waals surface area contributed by atoms with Gasteiger partial charge in [-0.2, -0.15) is 0 Å². The lowest BCUT2D eigenvalue weighted by atomic mass is 10.3. The molecule has 1 atom stereocenters. The number of nitrogens with one attached hydrogen (secondary N) is 1. The molecule has 0 aliphatic carbocycles. The first-order chi connectivity index (χ1) is 9.01. The van der Waals surface area contributed by atoms with Crippen LogP contribution in [-0.2, 0) is 4.79 Å². The lowest BCUT2D eigenvalue weighted by molar-refractivity contribution is -0.139. The molecule has 2 N–H and O–H groups in total. The summed E-state index contributed by atoms with van der Waals surface area (Å²) in [5.41, 5.74) is 1.65. The Bertz CT molecular complexity index is 638. The van der Waals surface area contributed by atoms with Gasteiger partial charge in [-0.15, -0.1) is 0 Å². The molecule has 2 aromatic rings. The first-order valence-corrected chi connectivity index (χ1v) is 5.48. The van der Waals surface area contributed by atoms with Crippen LogP contribution in [0.2, 0.25) is 0 Å². The van der Waals surface area contributed by atoms with Crippen LogP contribution in [-0.4, -0.2) is 34.7 Å².